The predicted octanol–water partition coefficient (Wildman–Crippen LogP) is 4.46. The van der Waals surface area contributed by atoms with Gasteiger partial charge in [-0.3, -0.25) is 9.97 Å². The monoisotopic (exact) mass is 457 g/mol. The molecule has 1 fully saturated rings. The smallest absolute Gasteiger partial charge is 0.174 e. The van der Waals surface area contributed by atoms with Crippen LogP contribution in [0.3, 0.4) is 0 Å². The zero-order valence-electron chi connectivity index (χ0n) is 18.3. The van der Waals surface area contributed by atoms with Crippen molar-refractivity contribution in [1.82, 2.24) is 19.9 Å². The van der Waals surface area contributed by atoms with Crippen LogP contribution in [0.1, 0.15) is 23.5 Å². The molecule has 0 aliphatic carbocycles. The fourth-order valence-corrected chi connectivity index (χ4v) is 4.61. The zero-order valence-corrected chi connectivity index (χ0v) is 19.1. The van der Waals surface area contributed by atoms with E-state index in [-0.39, 0.29) is 12.1 Å². The Morgan fingerprint density at radius 2 is 1.79 bits per heavy atom. The summed E-state index contributed by atoms with van der Waals surface area (Å²) >= 11 is 5.86. The van der Waals surface area contributed by atoms with Gasteiger partial charge in [-0.15, -0.1) is 0 Å². The van der Waals surface area contributed by atoms with Gasteiger partial charge in [0.2, 0.25) is 0 Å². The van der Waals surface area contributed by atoms with Crippen LogP contribution in [0.2, 0.25) is 0 Å². The number of nitrogens with one attached hydrogen (secondary N) is 1. The first-order valence-electron chi connectivity index (χ1n) is 10.5. The minimum Gasteiger partial charge on any atom is -0.497 e. The van der Waals surface area contributed by atoms with E-state index < -0.39 is 0 Å². The maximum Gasteiger partial charge on any atom is 0.174 e. The van der Waals surface area contributed by atoms with Gasteiger partial charge >= 0.3 is 0 Å². The summed E-state index contributed by atoms with van der Waals surface area (Å²) in [6.45, 7) is 0. The molecule has 3 aromatic heterocycles. The van der Waals surface area contributed by atoms with Crippen LogP contribution < -0.4 is 19.7 Å². The molecular formula is C25H23N5O2S. The lowest BCUT2D eigenvalue weighted by atomic mass is 10.0. The van der Waals surface area contributed by atoms with Crippen molar-refractivity contribution in [3.8, 4) is 17.2 Å². The van der Waals surface area contributed by atoms with Crippen molar-refractivity contribution in [1.29, 1.82) is 0 Å². The molecule has 0 saturated carbocycles. The van der Waals surface area contributed by atoms with Gasteiger partial charge in [0.1, 0.15) is 17.5 Å². The fourth-order valence-electron chi connectivity index (χ4n) is 4.27. The Bertz CT molecular complexity index is 1260. The number of aromatic nitrogens is 3. The van der Waals surface area contributed by atoms with Crippen LogP contribution in [-0.4, -0.2) is 33.9 Å². The van der Waals surface area contributed by atoms with Crippen molar-refractivity contribution >= 4 is 23.0 Å². The maximum atomic E-state index is 5.86. The molecule has 1 saturated heterocycles. The summed E-state index contributed by atoms with van der Waals surface area (Å²) in [6, 6.07) is 19.4. The zero-order chi connectivity index (χ0) is 22.8. The van der Waals surface area contributed by atoms with Crippen LogP contribution in [-0.2, 0) is 0 Å². The number of pyridine rings is 2. The number of rotatable bonds is 6. The van der Waals surface area contributed by atoms with Crippen LogP contribution in [0, 0.1) is 0 Å². The van der Waals surface area contributed by atoms with Gasteiger partial charge in [-0.05, 0) is 60.7 Å². The number of benzene rings is 1. The van der Waals surface area contributed by atoms with E-state index in [2.05, 4.69) is 30.8 Å². The van der Waals surface area contributed by atoms with E-state index in [9.17, 15) is 0 Å². The summed E-state index contributed by atoms with van der Waals surface area (Å²) in [7, 11) is 3.29. The molecule has 33 heavy (non-hydrogen) atoms. The highest BCUT2D eigenvalue weighted by atomic mass is 32.1. The maximum absolute atomic E-state index is 5.86. The number of anilines is 1. The molecule has 1 N–H and O–H groups in total. The summed E-state index contributed by atoms with van der Waals surface area (Å²) in [4.78, 5) is 10.9. The first kappa shape index (κ1) is 21.0. The second-order valence-electron chi connectivity index (χ2n) is 7.54. The second-order valence-corrected chi connectivity index (χ2v) is 7.93. The SMILES string of the molecule is COc1ccc(N2C(=S)N[C@H](c3ccccn3)[C@@H]2c2cccn2-c2ccncc2)c(OC)c1. The number of methoxy groups -OCH3 is 2. The third-order valence-corrected chi connectivity index (χ3v) is 6.08. The van der Waals surface area contributed by atoms with Gasteiger partial charge in [-0.2, -0.15) is 0 Å². The van der Waals surface area contributed by atoms with Gasteiger partial charge in [-0.1, -0.05) is 6.07 Å². The van der Waals surface area contributed by atoms with Crippen molar-refractivity contribution in [2.45, 2.75) is 12.1 Å². The summed E-state index contributed by atoms with van der Waals surface area (Å²) in [5, 5.41) is 4.10. The van der Waals surface area contributed by atoms with E-state index in [4.69, 9.17) is 21.7 Å². The third kappa shape index (κ3) is 3.78. The van der Waals surface area contributed by atoms with E-state index in [1.165, 1.54) is 0 Å². The highest BCUT2D eigenvalue weighted by Gasteiger charge is 2.43. The number of nitrogens with zero attached hydrogens (tertiary/aromatic N) is 4. The Balaban J connectivity index is 1.69. The molecule has 0 unspecified atom stereocenters. The molecule has 1 aliphatic rings. The lowest BCUT2D eigenvalue weighted by molar-refractivity contribution is 0.394. The summed E-state index contributed by atoms with van der Waals surface area (Å²) in [5.41, 5.74) is 3.83. The van der Waals surface area contributed by atoms with Gasteiger partial charge in [-0.25, -0.2) is 0 Å². The lowest BCUT2D eigenvalue weighted by Gasteiger charge is -2.30. The third-order valence-electron chi connectivity index (χ3n) is 5.77. The van der Waals surface area contributed by atoms with Crippen LogP contribution in [0.5, 0.6) is 11.5 Å². The first-order chi connectivity index (χ1) is 16.2. The molecule has 0 bridgehead atoms. The van der Waals surface area contributed by atoms with Crippen LogP contribution in [0.25, 0.3) is 5.69 Å². The molecule has 0 spiro atoms. The van der Waals surface area contributed by atoms with E-state index in [1.54, 1.807) is 32.8 Å². The molecule has 7 nitrogen and oxygen atoms in total. The highest BCUT2D eigenvalue weighted by Crippen LogP contribution is 2.45. The molecule has 2 atom stereocenters. The summed E-state index contributed by atoms with van der Waals surface area (Å²) in [6.07, 6.45) is 7.43. The molecule has 166 valence electrons. The van der Waals surface area contributed by atoms with Crippen molar-refractivity contribution in [3.05, 3.63) is 96.8 Å². The number of ether oxygens (including phenoxy) is 2. The second kappa shape index (κ2) is 8.91. The number of hydrogen-bond acceptors (Lipinski definition) is 5. The highest BCUT2D eigenvalue weighted by molar-refractivity contribution is 7.80. The van der Waals surface area contributed by atoms with Gasteiger partial charge in [0.15, 0.2) is 5.11 Å². The molecule has 0 radical (unpaired) electrons. The Hall–Kier alpha value is -3.91. The fraction of sp³-hybridized carbons (Fsp3) is 0.160. The minimum absolute atomic E-state index is 0.166. The minimum atomic E-state index is -0.183. The molecule has 5 rings (SSSR count). The van der Waals surface area contributed by atoms with Gasteiger partial charge in [0.05, 0.1) is 31.6 Å². The van der Waals surface area contributed by atoms with E-state index >= 15 is 0 Å². The van der Waals surface area contributed by atoms with Crippen LogP contribution >= 0.6 is 12.2 Å². The lowest BCUT2D eigenvalue weighted by Crippen LogP contribution is -2.30. The molecule has 1 aliphatic heterocycles. The summed E-state index contributed by atoms with van der Waals surface area (Å²) in [5.74, 6) is 1.39. The Kier molecular flexibility index (Phi) is 5.66. The van der Waals surface area contributed by atoms with E-state index in [1.807, 2.05) is 60.8 Å². The number of thiocarbonyl (C=S) groups is 1. The average molecular weight is 458 g/mol. The molecule has 4 aromatic rings. The van der Waals surface area contributed by atoms with Gasteiger partial charge in [0, 0.05) is 42.2 Å². The quantitative estimate of drug-likeness (QED) is 0.429. The largest absolute Gasteiger partial charge is 0.497 e. The van der Waals surface area contributed by atoms with Crippen LogP contribution in [0.15, 0.2) is 85.5 Å². The molecular weight excluding hydrogens is 434 g/mol. The summed E-state index contributed by atoms with van der Waals surface area (Å²) < 4.78 is 13.3. The van der Waals surface area contributed by atoms with Crippen molar-refractivity contribution in [2.24, 2.45) is 0 Å². The number of hydrogen-bond donors (Lipinski definition) is 1. The Labute approximate surface area is 197 Å². The molecule has 0 amide bonds. The van der Waals surface area contributed by atoms with Crippen LogP contribution in [0.4, 0.5) is 5.69 Å². The molecule has 1 aromatic carbocycles. The van der Waals surface area contributed by atoms with Gasteiger partial charge < -0.3 is 24.3 Å². The van der Waals surface area contributed by atoms with E-state index in [0.717, 1.165) is 22.8 Å². The van der Waals surface area contributed by atoms with E-state index in [0.29, 0.717) is 16.6 Å². The normalized spacial score (nSPS) is 17.6. The first-order valence-corrected chi connectivity index (χ1v) is 10.9. The predicted molar refractivity (Wildman–Crippen MR) is 131 cm³/mol. The van der Waals surface area contributed by atoms with Crippen molar-refractivity contribution < 1.29 is 9.47 Å². The van der Waals surface area contributed by atoms with Crippen molar-refractivity contribution in [2.75, 3.05) is 19.1 Å². The average Bonchev–Trinajstić information content (AvgIpc) is 3.49. The van der Waals surface area contributed by atoms with Gasteiger partial charge in [0.25, 0.3) is 0 Å². The Morgan fingerprint density at radius 1 is 0.939 bits per heavy atom. The standard InChI is InChI=1S/C25H23N5O2S/c1-31-18-8-9-20(22(16-18)32-2)30-24(23(28-25(30)33)19-6-3-4-12-27-19)21-7-5-15-29(21)17-10-13-26-14-11-17/h3-16,23-24H,1-2H3,(H,28,33)/t23-,24+/m1/s1. The molecule has 4 heterocycles. The Morgan fingerprint density at radius 3 is 2.52 bits per heavy atom. The topological polar surface area (TPSA) is 64.4 Å². The van der Waals surface area contributed by atoms with Crippen molar-refractivity contribution in [3.63, 3.8) is 0 Å². The molecule has 8 heteroatoms.